The quantitative estimate of drug-likeness (QED) is 0.423. The molecule has 0 radical (unpaired) electrons. The van der Waals surface area contributed by atoms with E-state index in [2.05, 4.69) is 0 Å². The molecule has 38 valence electrons. The Kier molecular flexibility index (Phi) is 5.02. The lowest BCUT2D eigenvalue weighted by Gasteiger charge is -1.88. The zero-order chi connectivity index (χ0) is 4.99. The monoisotopic (exact) mass is 162 g/mol. The zero-order valence-electron chi connectivity index (χ0n) is 3.13. The van der Waals surface area contributed by atoms with Crippen LogP contribution < -0.4 is 0 Å². The maximum absolute atomic E-state index is 5.32. The topological polar surface area (TPSA) is 0 Å². The molecule has 0 fully saturated rings. The van der Waals surface area contributed by atoms with E-state index in [1.54, 1.807) is 0 Å². The van der Waals surface area contributed by atoms with Gasteiger partial charge in [0.25, 0.3) is 0 Å². The highest BCUT2D eigenvalue weighted by molar-refractivity contribution is 6.72. The van der Waals surface area contributed by atoms with Gasteiger partial charge in [0.2, 0.25) is 0 Å². The maximum atomic E-state index is 5.32. The van der Waals surface area contributed by atoms with E-state index in [1.807, 2.05) is 0 Å². The first kappa shape index (κ1) is 7.09. The van der Waals surface area contributed by atoms with Crippen LogP contribution in [0.2, 0.25) is 0 Å². The van der Waals surface area contributed by atoms with Gasteiger partial charge in [-0.3, -0.25) is 0 Å². The lowest BCUT2D eigenvalue weighted by molar-refractivity contribution is 1.83. The van der Waals surface area contributed by atoms with Crippen molar-refractivity contribution < 1.29 is 0 Å². The molecule has 0 aromatic heterocycles. The molecule has 0 aliphatic heterocycles. The van der Waals surface area contributed by atoms with Crippen molar-refractivity contribution in [3.05, 3.63) is 0 Å². The van der Waals surface area contributed by atoms with Crippen molar-refractivity contribution in [3.8, 4) is 0 Å². The first-order chi connectivity index (χ1) is 2.77. The summed E-state index contributed by atoms with van der Waals surface area (Å²) in [5, 5.41) is 0. The predicted molar refractivity (Wildman–Crippen MR) is 34.8 cm³/mol. The Hall–Kier alpha value is 1.09. The number of alkyl halides is 3. The summed E-state index contributed by atoms with van der Waals surface area (Å²) in [5.41, 5.74) is 0.678. The third-order valence-electron chi connectivity index (χ3n) is 0.327. The molecule has 0 saturated carbocycles. The minimum absolute atomic E-state index is 0.150. The molecular weight excluding hydrogens is 158 g/mol. The number of halogens is 3. The third kappa shape index (κ3) is 5.09. The van der Waals surface area contributed by atoms with Crippen LogP contribution in [0.5, 0.6) is 0 Å². The van der Waals surface area contributed by atoms with Gasteiger partial charge in [0.05, 0.1) is 14.0 Å². The first-order valence-corrected chi connectivity index (χ1v) is 4.84. The highest BCUT2D eigenvalue weighted by Gasteiger charge is 1.94. The number of hydrogen-bond donors (Lipinski definition) is 0. The van der Waals surface area contributed by atoms with Crippen LogP contribution in [0.25, 0.3) is 0 Å². The minimum Gasteiger partial charge on any atom is -0.131 e. The molecule has 0 rings (SSSR count). The van der Waals surface area contributed by atoms with Gasteiger partial charge in [-0.15, -0.1) is 34.8 Å². The van der Waals surface area contributed by atoms with E-state index in [0.717, 1.165) is 0 Å². The Balaban J connectivity index is 2.63. The molecule has 0 aliphatic carbocycles. The molecule has 0 aromatic carbocycles. The van der Waals surface area contributed by atoms with Crippen molar-refractivity contribution in [2.24, 2.45) is 0 Å². The predicted octanol–water partition coefficient (Wildman–Crippen LogP) is 1.11. The van der Waals surface area contributed by atoms with Crippen LogP contribution in [0.1, 0.15) is 0 Å². The number of rotatable bonds is 2. The zero-order valence-corrected chi connectivity index (χ0v) is 6.81. The molecule has 0 amide bonds. The standard InChI is InChI=1S/C2H5Cl3Si/c3-1-6-2(4)5/h2H,1,6H2. The fourth-order valence-electron chi connectivity index (χ4n) is 0.0825. The van der Waals surface area contributed by atoms with Crippen LogP contribution >= 0.6 is 34.8 Å². The van der Waals surface area contributed by atoms with Crippen LogP contribution in [-0.4, -0.2) is 19.5 Å². The van der Waals surface area contributed by atoms with Crippen LogP contribution in [0.4, 0.5) is 0 Å². The highest BCUT2D eigenvalue weighted by atomic mass is 35.5. The normalized spacial score (nSPS) is 12.0. The molecule has 0 saturated heterocycles. The van der Waals surface area contributed by atoms with E-state index in [0.29, 0.717) is 5.50 Å². The van der Waals surface area contributed by atoms with Crippen molar-refractivity contribution in [3.63, 3.8) is 0 Å². The van der Waals surface area contributed by atoms with E-state index in [1.165, 1.54) is 0 Å². The Morgan fingerprint density at radius 3 is 2.00 bits per heavy atom. The molecule has 0 spiro atoms. The Bertz CT molecular complexity index is 30.0. The smallest absolute Gasteiger partial charge is 0.0921 e. The van der Waals surface area contributed by atoms with Gasteiger partial charge in [-0.1, -0.05) is 0 Å². The van der Waals surface area contributed by atoms with Gasteiger partial charge in [0, 0.05) is 5.50 Å². The van der Waals surface area contributed by atoms with Crippen molar-refractivity contribution >= 4 is 44.3 Å². The van der Waals surface area contributed by atoms with Gasteiger partial charge in [0.1, 0.15) is 0 Å². The largest absolute Gasteiger partial charge is 0.131 e. The molecule has 0 nitrogen and oxygen atoms in total. The molecule has 6 heavy (non-hydrogen) atoms. The Morgan fingerprint density at radius 1 is 1.50 bits per heavy atom. The third-order valence-corrected chi connectivity index (χ3v) is 2.95. The van der Waals surface area contributed by atoms with Gasteiger partial charge in [-0.2, -0.15) is 0 Å². The second-order valence-corrected chi connectivity index (χ2v) is 6.09. The van der Waals surface area contributed by atoms with Gasteiger partial charge < -0.3 is 0 Å². The molecule has 0 N–H and O–H groups in total. The van der Waals surface area contributed by atoms with E-state index < -0.39 is 0 Å². The molecule has 0 heterocycles. The van der Waals surface area contributed by atoms with Crippen molar-refractivity contribution in [1.82, 2.24) is 0 Å². The lowest BCUT2D eigenvalue weighted by Crippen LogP contribution is -2.01. The second kappa shape index (κ2) is 4.25. The van der Waals surface area contributed by atoms with E-state index >= 15 is 0 Å². The second-order valence-electron chi connectivity index (χ2n) is 0.869. The van der Waals surface area contributed by atoms with E-state index in [4.69, 9.17) is 34.8 Å². The van der Waals surface area contributed by atoms with Gasteiger partial charge in [-0.05, 0) is 0 Å². The summed E-state index contributed by atoms with van der Waals surface area (Å²) in [4.78, 5) is 0. The molecular formula is C2H5Cl3Si. The molecule has 4 heteroatoms. The summed E-state index contributed by atoms with van der Waals surface area (Å²) in [7, 11) is -0.347. The summed E-state index contributed by atoms with van der Waals surface area (Å²) < 4.78 is -0.150. The highest BCUT2D eigenvalue weighted by Crippen LogP contribution is 1.97. The van der Waals surface area contributed by atoms with Crippen molar-refractivity contribution in [1.29, 1.82) is 0 Å². The summed E-state index contributed by atoms with van der Waals surface area (Å²) in [6, 6.07) is 0. The minimum atomic E-state index is -0.347. The van der Waals surface area contributed by atoms with Gasteiger partial charge in [0.15, 0.2) is 0 Å². The van der Waals surface area contributed by atoms with Crippen LogP contribution in [0.3, 0.4) is 0 Å². The van der Waals surface area contributed by atoms with Gasteiger partial charge in [-0.25, -0.2) is 0 Å². The molecule has 0 aromatic rings. The first-order valence-electron chi connectivity index (χ1n) is 1.61. The van der Waals surface area contributed by atoms with Crippen LogP contribution in [-0.2, 0) is 0 Å². The molecule has 0 atom stereocenters. The SMILES string of the molecule is ClC[SiH2]C(Cl)Cl. The molecule has 0 unspecified atom stereocenters. The molecule has 0 bridgehead atoms. The van der Waals surface area contributed by atoms with Crippen LogP contribution in [0.15, 0.2) is 0 Å². The fraction of sp³-hybridized carbons (Fsp3) is 1.00. The van der Waals surface area contributed by atoms with Gasteiger partial charge >= 0.3 is 0 Å². The Morgan fingerprint density at radius 2 is 2.00 bits per heavy atom. The summed E-state index contributed by atoms with van der Waals surface area (Å²) in [5.74, 6) is 0. The summed E-state index contributed by atoms with van der Waals surface area (Å²) >= 11 is 15.9. The van der Waals surface area contributed by atoms with Crippen molar-refractivity contribution in [2.45, 2.75) is 4.46 Å². The summed E-state index contributed by atoms with van der Waals surface area (Å²) in [6.07, 6.45) is 0. The van der Waals surface area contributed by atoms with Crippen molar-refractivity contribution in [2.75, 3.05) is 5.50 Å². The van der Waals surface area contributed by atoms with Crippen LogP contribution in [0, 0.1) is 0 Å². The van der Waals surface area contributed by atoms with E-state index in [-0.39, 0.29) is 14.0 Å². The summed E-state index contributed by atoms with van der Waals surface area (Å²) in [6.45, 7) is 0. The lowest BCUT2D eigenvalue weighted by atomic mass is 11.8. The maximum Gasteiger partial charge on any atom is 0.0921 e. The molecule has 0 aliphatic rings. The Labute approximate surface area is 54.6 Å². The van der Waals surface area contributed by atoms with E-state index in [9.17, 15) is 0 Å². The fourth-order valence-corrected chi connectivity index (χ4v) is 2.23. The average molecular weight is 164 g/mol. The number of hydrogen-bond acceptors (Lipinski definition) is 0. The average Bonchev–Trinajstić information content (AvgIpc) is 1.35.